The van der Waals surface area contributed by atoms with Gasteiger partial charge in [-0.25, -0.2) is 0 Å². The minimum Gasteiger partial charge on any atom is -0.339 e. The summed E-state index contributed by atoms with van der Waals surface area (Å²) < 4.78 is 0. The van der Waals surface area contributed by atoms with E-state index in [4.69, 9.17) is 0 Å². The van der Waals surface area contributed by atoms with Crippen LogP contribution in [0.15, 0.2) is 0 Å². The summed E-state index contributed by atoms with van der Waals surface area (Å²) in [6, 6.07) is 0.536. The highest BCUT2D eigenvalue weighted by Gasteiger charge is 2.43. The summed E-state index contributed by atoms with van der Waals surface area (Å²) in [5.41, 5.74) is -0.249. The van der Waals surface area contributed by atoms with E-state index in [-0.39, 0.29) is 17.9 Å². The van der Waals surface area contributed by atoms with E-state index in [2.05, 4.69) is 36.1 Å². The first kappa shape index (κ1) is 15.7. The highest BCUT2D eigenvalue weighted by Crippen LogP contribution is 2.27. The number of nitrogens with one attached hydrogen (secondary N) is 1. The van der Waals surface area contributed by atoms with E-state index in [9.17, 15) is 4.79 Å². The van der Waals surface area contributed by atoms with Crippen LogP contribution < -0.4 is 5.32 Å². The van der Waals surface area contributed by atoms with Gasteiger partial charge in [0, 0.05) is 19.1 Å². The summed E-state index contributed by atoms with van der Waals surface area (Å²) in [5.74, 6) is 0.335. The first-order valence-electron chi connectivity index (χ1n) is 6.80. The van der Waals surface area contributed by atoms with Crippen molar-refractivity contribution in [1.82, 2.24) is 15.1 Å². The SMILES string of the molecule is CCC1(C(=O)N2CCC(N(C)C)C2)CCCN1.Cl. The molecule has 0 spiro atoms. The third kappa shape index (κ3) is 2.81. The van der Waals surface area contributed by atoms with Crippen LogP contribution in [0.25, 0.3) is 0 Å². The van der Waals surface area contributed by atoms with Crippen molar-refractivity contribution in [3.05, 3.63) is 0 Å². The lowest BCUT2D eigenvalue weighted by atomic mass is 9.92. The Labute approximate surface area is 116 Å². The second-order valence-electron chi connectivity index (χ2n) is 5.62. The molecule has 0 saturated carbocycles. The summed E-state index contributed by atoms with van der Waals surface area (Å²) in [6.07, 6.45) is 4.16. The van der Waals surface area contributed by atoms with Crippen LogP contribution in [0.3, 0.4) is 0 Å². The predicted octanol–water partition coefficient (Wildman–Crippen LogP) is 1.10. The van der Waals surface area contributed by atoms with Gasteiger partial charge >= 0.3 is 0 Å². The van der Waals surface area contributed by atoms with Crippen molar-refractivity contribution in [3.63, 3.8) is 0 Å². The highest BCUT2D eigenvalue weighted by molar-refractivity contribution is 5.87. The Hall–Kier alpha value is -0.320. The topological polar surface area (TPSA) is 35.6 Å². The molecule has 2 aliphatic rings. The molecular weight excluding hydrogens is 250 g/mol. The van der Waals surface area contributed by atoms with Gasteiger partial charge in [-0.05, 0) is 46.3 Å². The van der Waals surface area contributed by atoms with E-state index in [1.165, 1.54) is 0 Å². The molecule has 0 aliphatic carbocycles. The number of likely N-dealkylation sites (N-methyl/N-ethyl adjacent to an activating group) is 1. The Balaban J connectivity index is 0.00000162. The number of hydrogen-bond acceptors (Lipinski definition) is 3. The molecule has 5 heteroatoms. The zero-order valence-corrected chi connectivity index (χ0v) is 12.6. The van der Waals surface area contributed by atoms with Crippen molar-refractivity contribution in [2.24, 2.45) is 0 Å². The number of hydrogen-bond donors (Lipinski definition) is 1. The van der Waals surface area contributed by atoms with Gasteiger partial charge in [-0.1, -0.05) is 6.92 Å². The maximum Gasteiger partial charge on any atom is 0.242 e. The number of carbonyl (C=O) groups is 1. The summed E-state index contributed by atoms with van der Waals surface area (Å²) in [5, 5.41) is 3.44. The zero-order chi connectivity index (χ0) is 12.5. The molecule has 2 heterocycles. The van der Waals surface area contributed by atoms with E-state index in [1.807, 2.05) is 0 Å². The highest BCUT2D eigenvalue weighted by atomic mass is 35.5. The lowest BCUT2D eigenvalue weighted by Crippen LogP contribution is -2.54. The van der Waals surface area contributed by atoms with E-state index in [0.717, 1.165) is 45.3 Å². The molecule has 0 aromatic heterocycles. The van der Waals surface area contributed by atoms with Crippen LogP contribution in [0.2, 0.25) is 0 Å². The molecule has 2 atom stereocenters. The molecule has 4 nitrogen and oxygen atoms in total. The number of amides is 1. The summed E-state index contributed by atoms with van der Waals surface area (Å²) >= 11 is 0. The normalized spacial score (nSPS) is 31.8. The second-order valence-corrected chi connectivity index (χ2v) is 5.62. The van der Waals surface area contributed by atoms with Crippen molar-refractivity contribution >= 4 is 18.3 Å². The average molecular weight is 276 g/mol. The van der Waals surface area contributed by atoms with E-state index < -0.39 is 0 Å². The average Bonchev–Trinajstić information content (AvgIpc) is 2.98. The Bertz CT molecular complexity index is 290. The molecule has 0 bridgehead atoms. The van der Waals surface area contributed by atoms with Crippen molar-refractivity contribution in [2.45, 2.75) is 44.2 Å². The summed E-state index contributed by atoms with van der Waals surface area (Å²) in [6.45, 7) is 4.93. The van der Waals surface area contributed by atoms with Crippen LogP contribution in [0.4, 0.5) is 0 Å². The Kier molecular flexibility index (Phi) is 5.44. The van der Waals surface area contributed by atoms with E-state index in [0.29, 0.717) is 11.9 Å². The first-order chi connectivity index (χ1) is 8.09. The molecule has 0 aromatic rings. The van der Waals surface area contributed by atoms with Crippen molar-refractivity contribution in [2.75, 3.05) is 33.7 Å². The van der Waals surface area contributed by atoms with Gasteiger partial charge in [0.25, 0.3) is 0 Å². The van der Waals surface area contributed by atoms with Gasteiger partial charge in [0.1, 0.15) is 0 Å². The Morgan fingerprint density at radius 1 is 1.50 bits per heavy atom. The van der Waals surface area contributed by atoms with Gasteiger partial charge in [0.2, 0.25) is 5.91 Å². The van der Waals surface area contributed by atoms with Crippen molar-refractivity contribution in [3.8, 4) is 0 Å². The summed E-state index contributed by atoms with van der Waals surface area (Å²) in [4.78, 5) is 16.9. The molecule has 1 N–H and O–H groups in total. The maximum absolute atomic E-state index is 12.6. The molecule has 0 radical (unpaired) electrons. The fourth-order valence-electron chi connectivity index (χ4n) is 3.09. The lowest BCUT2D eigenvalue weighted by molar-refractivity contribution is -0.137. The van der Waals surface area contributed by atoms with Crippen LogP contribution in [-0.4, -0.2) is 61.0 Å². The van der Waals surface area contributed by atoms with Gasteiger partial charge < -0.3 is 15.1 Å². The van der Waals surface area contributed by atoms with Gasteiger partial charge in [0.15, 0.2) is 0 Å². The van der Waals surface area contributed by atoms with Crippen LogP contribution in [0.1, 0.15) is 32.6 Å². The number of nitrogens with zero attached hydrogens (tertiary/aromatic N) is 2. The minimum atomic E-state index is -0.249. The predicted molar refractivity (Wildman–Crippen MR) is 76.2 cm³/mol. The standard InChI is InChI=1S/C13H25N3O.ClH/c1-4-13(7-5-8-14-13)12(17)16-9-6-11(10-16)15(2)3;/h11,14H,4-10H2,1-3H3;1H. The number of rotatable bonds is 3. The monoisotopic (exact) mass is 275 g/mol. The van der Waals surface area contributed by atoms with Crippen LogP contribution in [-0.2, 0) is 4.79 Å². The van der Waals surface area contributed by atoms with E-state index in [1.54, 1.807) is 0 Å². The molecule has 106 valence electrons. The lowest BCUT2D eigenvalue weighted by Gasteiger charge is -2.32. The zero-order valence-electron chi connectivity index (χ0n) is 11.7. The molecule has 2 aliphatic heterocycles. The second kappa shape index (κ2) is 6.22. The minimum absolute atomic E-state index is 0. The Morgan fingerprint density at radius 2 is 2.22 bits per heavy atom. The van der Waals surface area contributed by atoms with Gasteiger partial charge in [-0.2, -0.15) is 0 Å². The molecule has 2 rings (SSSR count). The third-order valence-electron chi connectivity index (χ3n) is 4.44. The van der Waals surface area contributed by atoms with Crippen molar-refractivity contribution in [1.29, 1.82) is 0 Å². The smallest absolute Gasteiger partial charge is 0.242 e. The maximum atomic E-state index is 12.6. The van der Waals surface area contributed by atoms with Crippen molar-refractivity contribution < 1.29 is 4.79 Å². The fourth-order valence-corrected chi connectivity index (χ4v) is 3.09. The number of likely N-dealkylation sites (tertiary alicyclic amines) is 1. The number of halogens is 1. The van der Waals surface area contributed by atoms with Gasteiger partial charge in [-0.15, -0.1) is 12.4 Å². The van der Waals surface area contributed by atoms with Crippen LogP contribution in [0.5, 0.6) is 0 Å². The molecule has 1 amide bonds. The summed E-state index contributed by atoms with van der Waals surface area (Å²) in [7, 11) is 4.20. The first-order valence-corrected chi connectivity index (χ1v) is 6.80. The molecular formula is C13H26ClN3O. The molecule has 2 unspecified atom stereocenters. The molecule has 2 fully saturated rings. The van der Waals surface area contributed by atoms with E-state index >= 15 is 0 Å². The van der Waals surface area contributed by atoms with Crippen LogP contribution in [0, 0.1) is 0 Å². The quantitative estimate of drug-likeness (QED) is 0.838. The molecule has 0 aromatic carbocycles. The fraction of sp³-hybridized carbons (Fsp3) is 0.923. The Morgan fingerprint density at radius 3 is 2.67 bits per heavy atom. The molecule has 2 saturated heterocycles. The molecule has 18 heavy (non-hydrogen) atoms. The van der Waals surface area contributed by atoms with Crippen LogP contribution >= 0.6 is 12.4 Å². The van der Waals surface area contributed by atoms with Gasteiger partial charge in [-0.3, -0.25) is 4.79 Å². The van der Waals surface area contributed by atoms with Gasteiger partial charge in [0.05, 0.1) is 5.54 Å². The largest absolute Gasteiger partial charge is 0.339 e. The number of carbonyl (C=O) groups excluding carboxylic acids is 1. The third-order valence-corrected chi connectivity index (χ3v) is 4.44.